The number of hydrogen-bond donors (Lipinski definition) is 1. The van der Waals surface area contributed by atoms with Crippen molar-refractivity contribution in [3.63, 3.8) is 0 Å². The molecule has 82 valence electrons. The van der Waals surface area contributed by atoms with E-state index in [0.29, 0.717) is 13.0 Å². The minimum atomic E-state index is -0.708. The zero-order valence-corrected chi connectivity index (χ0v) is 8.86. The smallest absolute Gasteiger partial charge is 0.128 e. The van der Waals surface area contributed by atoms with Crippen LogP contribution in [0.15, 0.2) is 18.3 Å². The molecule has 0 unspecified atom stereocenters. The first kappa shape index (κ1) is 10.4. The van der Waals surface area contributed by atoms with Crippen LogP contribution in [0, 0.1) is 0 Å². The van der Waals surface area contributed by atoms with Crippen LogP contribution in [0.5, 0.6) is 0 Å². The Bertz CT molecular complexity index is 323. The highest BCUT2D eigenvalue weighted by Gasteiger charge is 2.22. The number of rotatable bonds is 2. The molecule has 0 saturated carbocycles. The maximum atomic E-state index is 13.0. The molecule has 2 atom stereocenters. The van der Waals surface area contributed by atoms with Crippen molar-refractivity contribution < 1.29 is 4.39 Å². The van der Waals surface area contributed by atoms with Crippen molar-refractivity contribution in [3.8, 4) is 0 Å². The third-order valence-electron chi connectivity index (χ3n) is 2.75. The number of aromatic nitrogens is 1. The van der Waals surface area contributed by atoms with Crippen LogP contribution in [0.25, 0.3) is 0 Å². The molecule has 0 bridgehead atoms. The highest BCUT2D eigenvalue weighted by molar-refractivity contribution is 5.41. The Morgan fingerprint density at radius 2 is 2.40 bits per heavy atom. The van der Waals surface area contributed by atoms with E-state index < -0.39 is 6.17 Å². The summed E-state index contributed by atoms with van der Waals surface area (Å²) in [6.07, 6.45) is 1.67. The minimum Gasteiger partial charge on any atom is -0.354 e. The maximum absolute atomic E-state index is 13.0. The van der Waals surface area contributed by atoms with Crippen LogP contribution >= 0.6 is 0 Å². The molecule has 1 aromatic heterocycles. The molecule has 0 aliphatic carbocycles. The molecule has 0 spiro atoms. The molecule has 0 radical (unpaired) electrons. The number of anilines is 1. The van der Waals surface area contributed by atoms with Gasteiger partial charge in [-0.3, -0.25) is 0 Å². The number of halogens is 1. The summed E-state index contributed by atoms with van der Waals surface area (Å²) in [5, 5.41) is 0. The minimum absolute atomic E-state index is 0.000878. The van der Waals surface area contributed by atoms with Crippen LogP contribution in [-0.4, -0.2) is 24.2 Å². The van der Waals surface area contributed by atoms with Crippen LogP contribution < -0.4 is 10.6 Å². The highest BCUT2D eigenvalue weighted by Crippen LogP contribution is 2.20. The standard InChI is InChI=1S/C11H16FN3/c1-8(13)9-2-3-11(14-6-9)15-5-4-10(12)7-15/h2-3,6,8,10H,4-5,7,13H2,1H3/t8-,10+/m0/s1. The highest BCUT2D eigenvalue weighted by atomic mass is 19.1. The molecule has 1 fully saturated rings. The summed E-state index contributed by atoms with van der Waals surface area (Å²) in [5.41, 5.74) is 6.73. The molecular weight excluding hydrogens is 193 g/mol. The van der Waals surface area contributed by atoms with Crippen molar-refractivity contribution in [1.82, 2.24) is 4.98 Å². The van der Waals surface area contributed by atoms with E-state index in [0.717, 1.165) is 17.9 Å². The third kappa shape index (κ3) is 2.26. The fourth-order valence-corrected chi connectivity index (χ4v) is 1.78. The van der Waals surface area contributed by atoms with Gasteiger partial charge in [0.2, 0.25) is 0 Å². The van der Waals surface area contributed by atoms with Gasteiger partial charge < -0.3 is 10.6 Å². The van der Waals surface area contributed by atoms with Crippen molar-refractivity contribution in [2.45, 2.75) is 25.6 Å². The fourth-order valence-electron chi connectivity index (χ4n) is 1.78. The van der Waals surface area contributed by atoms with E-state index in [1.807, 2.05) is 24.0 Å². The monoisotopic (exact) mass is 209 g/mol. The summed E-state index contributed by atoms with van der Waals surface area (Å²) in [7, 11) is 0. The summed E-state index contributed by atoms with van der Waals surface area (Å²) in [5.74, 6) is 0.847. The first-order valence-corrected chi connectivity index (χ1v) is 5.27. The largest absolute Gasteiger partial charge is 0.354 e. The van der Waals surface area contributed by atoms with Gasteiger partial charge in [0.15, 0.2) is 0 Å². The Morgan fingerprint density at radius 3 is 2.87 bits per heavy atom. The second-order valence-electron chi connectivity index (χ2n) is 4.07. The Hall–Kier alpha value is -1.16. The number of hydrogen-bond acceptors (Lipinski definition) is 3. The van der Waals surface area contributed by atoms with Crippen molar-refractivity contribution in [1.29, 1.82) is 0 Å². The molecule has 0 aromatic carbocycles. The predicted molar refractivity (Wildman–Crippen MR) is 58.6 cm³/mol. The molecule has 3 nitrogen and oxygen atoms in total. The van der Waals surface area contributed by atoms with E-state index in [1.165, 1.54) is 0 Å². The predicted octanol–water partition coefficient (Wildman–Crippen LogP) is 1.65. The summed E-state index contributed by atoms with van der Waals surface area (Å²) in [6.45, 7) is 3.14. The van der Waals surface area contributed by atoms with Gasteiger partial charge in [0.1, 0.15) is 12.0 Å². The van der Waals surface area contributed by atoms with Gasteiger partial charge in [-0.2, -0.15) is 0 Å². The zero-order chi connectivity index (χ0) is 10.8. The van der Waals surface area contributed by atoms with Gasteiger partial charge in [-0.15, -0.1) is 0 Å². The van der Waals surface area contributed by atoms with E-state index >= 15 is 0 Å². The van der Waals surface area contributed by atoms with Crippen LogP contribution in [0.4, 0.5) is 10.2 Å². The number of pyridine rings is 1. The van der Waals surface area contributed by atoms with Crippen LogP contribution in [0.2, 0.25) is 0 Å². The lowest BCUT2D eigenvalue weighted by atomic mass is 10.1. The van der Waals surface area contributed by atoms with Gasteiger partial charge in [0.25, 0.3) is 0 Å². The van der Waals surface area contributed by atoms with E-state index in [9.17, 15) is 4.39 Å². The molecule has 2 N–H and O–H groups in total. The van der Waals surface area contributed by atoms with Gasteiger partial charge in [0, 0.05) is 18.8 Å². The molecular formula is C11H16FN3. The van der Waals surface area contributed by atoms with E-state index in [4.69, 9.17) is 5.73 Å². The molecule has 15 heavy (non-hydrogen) atoms. The summed E-state index contributed by atoms with van der Waals surface area (Å²) in [6, 6.07) is 3.87. The molecule has 1 aromatic rings. The molecule has 1 aliphatic rings. The molecule has 1 aliphatic heterocycles. The average molecular weight is 209 g/mol. The summed E-state index contributed by atoms with van der Waals surface area (Å²) in [4.78, 5) is 6.26. The SMILES string of the molecule is C[C@H](N)c1ccc(N2CC[C@@H](F)C2)nc1. The lowest BCUT2D eigenvalue weighted by Gasteiger charge is -2.16. The number of nitrogens with two attached hydrogens (primary N) is 1. The van der Waals surface area contributed by atoms with Crippen LogP contribution in [0.1, 0.15) is 24.9 Å². The van der Waals surface area contributed by atoms with E-state index in [2.05, 4.69) is 4.98 Å². The normalized spacial score (nSPS) is 23.1. The Morgan fingerprint density at radius 1 is 1.60 bits per heavy atom. The van der Waals surface area contributed by atoms with Crippen molar-refractivity contribution in [2.24, 2.45) is 5.73 Å². The van der Waals surface area contributed by atoms with Gasteiger partial charge in [-0.25, -0.2) is 9.37 Å². The molecule has 0 amide bonds. The van der Waals surface area contributed by atoms with Gasteiger partial charge >= 0.3 is 0 Å². The molecule has 2 heterocycles. The maximum Gasteiger partial charge on any atom is 0.128 e. The van der Waals surface area contributed by atoms with Gasteiger partial charge in [-0.1, -0.05) is 6.07 Å². The van der Waals surface area contributed by atoms with E-state index in [-0.39, 0.29) is 6.04 Å². The second-order valence-corrected chi connectivity index (χ2v) is 4.07. The first-order valence-electron chi connectivity index (χ1n) is 5.27. The summed E-state index contributed by atoms with van der Waals surface area (Å²) >= 11 is 0. The van der Waals surface area contributed by atoms with Gasteiger partial charge in [0.05, 0.1) is 6.54 Å². The van der Waals surface area contributed by atoms with Crippen molar-refractivity contribution in [2.75, 3.05) is 18.0 Å². The van der Waals surface area contributed by atoms with E-state index in [1.54, 1.807) is 6.20 Å². The Balaban J connectivity index is 2.10. The van der Waals surface area contributed by atoms with Gasteiger partial charge in [-0.05, 0) is 25.0 Å². The lowest BCUT2D eigenvalue weighted by Crippen LogP contribution is -2.21. The van der Waals surface area contributed by atoms with Crippen molar-refractivity contribution >= 4 is 5.82 Å². The average Bonchev–Trinajstić information content (AvgIpc) is 2.65. The third-order valence-corrected chi connectivity index (χ3v) is 2.75. The summed E-state index contributed by atoms with van der Waals surface area (Å²) < 4.78 is 13.0. The topological polar surface area (TPSA) is 42.1 Å². The Labute approximate surface area is 89.1 Å². The molecule has 4 heteroatoms. The Kier molecular flexibility index (Phi) is 2.86. The van der Waals surface area contributed by atoms with Crippen molar-refractivity contribution in [3.05, 3.63) is 23.9 Å². The molecule has 1 saturated heterocycles. The second kappa shape index (κ2) is 4.14. The first-order chi connectivity index (χ1) is 7.16. The van der Waals surface area contributed by atoms with Crippen LogP contribution in [0.3, 0.4) is 0 Å². The number of nitrogens with zero attached hydrogens (tertiary/aromatic N) is 2. The van der Waals surface area contributed by atoms with Crippen LogP contribution in [-0.2, 0) is 0 Å². The zero-order valence-electron chi connectivity index (χ0n) is 8.86. The fraction of sp³-hybridized carbons (Fsp3) is 0.545. The lowest BCUT2D eigenvalue weighted by molar-refractivity contribution is 0.364. The molecule has 2 rings (SSSR count). The number of alkyl halides is 1. The quantitative estimate of drug-likeness (QED) is 0.805.